The molecule has 1 aliphatic rings. The van der Waals surface area contributed by atoms with Gasteiger partial charge in [-0.2, -0.15) is 0 Å². The summed E-state index contributed by atoms with van der Waals surface area (Å²) >= 11 is 0. The predicted molar refractivity (Wildman–Crippen MR) is 71.4 cm³/mol. The molecule has 2 N–H and O–H groups in total. The van der Waals surface area contributed by atoms with Crippen molar-refractivity contribution in [2.24, 2.45) is 5.92 Å². The zero-order valence-corrected chi connectivity index (χ0v) is 10.6. The predicted octanol–water partition coefficient (Wildman–Crippen LogP) is 2.98. The molecule has 3 nitrogen and oxygen atoms in total. The van der Waals surface area contributed by atoms with Gasteiger partial charge in [0, 0.05) is 12.5 Å². The van der Waals surface area contributed by atoms with E-state index in [0.717, 1.165) is 12.5 Å². The van der Waals surface area contributed by atoms with E-state index >= 15 is 0 Å². The van der Waals surface area contributed by atoms with E-state index in [1.807, 2.05) is 6.07 Å². The highest BCUT2D eigenvalue weighted by Crippen LogP contribution is 2.37. The van der Waals surface area contributed by atoms with Crippen molar-refractivity contribution in [2.75, 3.05) is 6.54 Å². The Kier molecular flexibility index (Phi) is 4.76. The maximum atomic E-state index is 10.5. The number of rotatable bonds is 7. The van der Waals surface area contributed by atoms with Crippen molar-refractivity contribution < 1.29 is 9.90 Å². The van der Waals surface area contributed by atoms with Crippen LogP contribution < -0.4 is 5.32 Å². The van der Waals surface area contributed by atoms with E-state index in [1.54, 1.807) is 0 Å². The highest BCUT2D eigenvalue weighted by molar-refractivity contribution is 5.66. The number of carboxylic acids is 1. The summed E-state index contributed by atoms with van der Waals surface area (Å²) < 4.78 is 0. The van der Waals surface area contributed by atoms with Gasteiger partial charge in [-0.05, 0) is 37.3 Å². The number of hydrogen-bond donors (Lipinski definition) is 2. The summed E-state index contributed by atoms with van der Waals surface area (Å²) in [6.45, 7) is 0.780. The maximum absolute atomic E-state index is 10.5. The van der Waals surface area contributed by atoms with Gasteiger partial charge in [0.25, 0.3) is 0 Å². The quantitative estimate of drug-likeness (QED) is 0.728. The third kappa shape index (κ3) is 3.57. The molecule has 1 atom stereocenters. The fourth-order valence-corrected chi connectivity index (χ4v) is 2.49. The van der Waals surface area contributed by atoms with Gasteiger partial charge >= 0.3 is 5.97 Å². The third-order valence-corrected chi connectivity index (χ3v) is 3.71. The molecule has 0 bridgehead atoms. The van der Waals surface area contributed by atoms with Gasteiger partial charge in [-0.25, -0.2) is 0 Å². The van der Waals surface area contributed by atoms with Crippen LogP contribution in [0.15, 0.2) is 30.3 Å². The Labute approximate surface area is 108 Å². The normalized spacial score (nSPS) is 17.1. The molecular formula is C15H21NO2. The summed E-state index contributed by atoms with van der Waals surface area (Å²) in [7, 11) is 0. The first-order chi connectivity index (χ1) is 8.77. The van der Waals surface area contributed by atoms with Gasteiger partial charge in [0.15, 0.2) is 0 Å². The van der Waals surface area contributed by atoms with Gasteiger partial charge < -0.3 is 10.4 Å². The summed E-state index contributed by atoms with van der Waals surface area (Å²) in [5.41, 5.74) is 1.33. The fraction of sp³-hybridized carbons (Fsp3) is 0.533. The summed E-state index contributed by atoms with van der Waals surface area (Å²) in [6, 6.07) is 10.9. The molecule has 0 radical (unpaired) electrons. The van der Waals surface area contributed by atoms with Gasteiger partial charge in [0.2, 0.25) is 0 Å². The van der Waals surface area contributed by atoms with Gasteiger partial charge in [-0.15, -0.1) is 0 Å². The van der Waals surface area contributed by atoms with Gasteiger partial charge in [0.1, 0.15) is 0 Å². The van der Waals surface area contributed by atoms with Gasteiger partial charge in [0.05, 0.1) is 0 Å². The molecule has 0 heterocycles. The number of nitrogens with one attached hydrogen (secondary N) is 1. The number of benzene rings is 1. The van der Waals surface area contributed by atoms with Crippen LogP contribution in [0, 0.1) is 5.92 Å². The van der Waals surface area contributed by atoms with Gasteiger partial charge in [-0.1, -0.05) is 36.8 Å². The van der Waals surface area contributed by atoms with Crippen LogP contribution in [0.4, 0.5) is 0 Å². The molecule has 18 heavy (non-hydrogen) atoms. The van der Waals surface area contributed by atoms with Crippen molar-refractivity contribution >= 4 is 5.97 Å². The molecule has 98 valence electrons. The van der Waals surface area contributed by atoms with E-state index in [9.17, 15) is 4.79 Å². The average molecular weight is 247 g/mol. The van der Waals surface area contributed by atoms with Crippen molar-refractivity contribution in [3.63, 3.8) is 0 Å². The Morgan fingerprint density at radius 1 is 1.33 bits per heavy atom. The highest BCUT2D eigenvalue weighted by Gasteiger charge is 2.27. The van der Waals surface area contributed by atoms with Crippen LogP contribution in [0.1, 0.15) is 43.7 Å². The van der Waals surface area contributed by atoms with E-state index in [0.29, 0.717) is 12.5 Å². The summed E-state index contributed by atoms with van der Waals surface area (Å²) in [5.74, 6) is 0.00827. The standard InChI is InChI=1S/C15H21NO2/c17-14(18)10-5-11-16-15(13-8-4-9-13)12-6-2-1-3-7-12/h1-3,6-7,13,15-16H,4-5,8-11H2,(H,17,18). The minimum Gasteiger partial charge on any atom is -0.481 e. The zero-order valence-electron chi connectivity index (χ0n) is 10.6. The van der Waals surface area contributed by atoms with Crippen molar-refractivity contribution in [1.29, 1.82) is 0 Å². The van der Waals surface area contributed by atoms with E-state index in [2.05, 4.69) is 29.6 Å². The lowest BCUT2D eigenvalue weighted by molar-refractivity contribution is -0.137. The Hall–Kier alpha value is -1.35. The van der Waals surface area contributed by atoms with Crippen molar-refractivity contribution in [1.82, 2.24) is 5.32 Å². The molecule has 1 unspecified atom stereocenters. The van der Waals surface area contributed by atoms with E-state index in [-0.39, 0.29) is 6.42 Å². The SMILES string of the molecule is O=C(O)CCCNC(c1ccccc1)C1CCC1. The van der Waals surface area contributed by atoms with E-state index in [1.165, 1.54) is 24.8 Å². The molecule has 1 aromatic carbocycles. The molecule has 0 amide bonds. The minimum absolute atomic E-state index is 0.249. The van der Waals surface area contributed by atoms with E-state index < -0.39 is 5.97 Å². The lowest BCUT2D eigenvalue weighted by Gasteiger charge is -2.35. The molecule has 3 heteroatoms. The first kappa shape index (κ1) is 13.1. The molecule has 1 aromatic rings. The van der Waals surface area contributed by atoms with Crippen LogP contribution >= 0.6 is 0 Å². The van der Waals surface area contributed by atoms with Gasteiger partial charge in [-0.3, -0.25) is 4.79 Å². The van der Waals surface area contributed by atoms with Crippen LogP contribution in [0.5, 0.6) is 0 Å². The third-order valence-electron chi connectivity index (χ3n) is 3.71. The monoisotopic (exact) mass is 247 g/mol. The molecule has 0 spiro atoms. The van der Waals surface area contributed by atoms with Crippen LogP contribution in [-0.2, 0) is 4.79 Å². The lowest BCUT2D eigenvalue weighted by Crippen LogP contribution is -2.33. The number of carboxylic acid groups (broad SMARTS) is 1. The highest BCUT2D eigenvalue weighted by atomic mass is 16.4. The first-order valence-corrected chi connectivity index (χ1v) is 6.77. The molecule has 0 aliphatic heterocycles. The fourth-order valence-electron chi connectivity index (χ4n) is 2.49. The maximum Gasteiger partial charge on any atom is 0.303 e. The molecular weight excluding hydrogens is 226 g/mol. The summed E-state index contributed by atoms with van der Waals surface area (Å²) in [5, 5.41) is 12.2. The first-order valence-electron chi connectivity index (χ1n) is 6.77. The van der Waals surface area contributed by atoms with Crippen LogP contribution in [-0.4, -0.2) is 17.6 Å². The topological polar surface area (TPSA) is 49.3 Å². The van der Waals surface area contributed by atoms with E-state index in [4.69, 9.17) is 5.11 Å². The molecule has 2 rings (SSSR count). The Bertz CT molecular complexity index is 373. The Morgan fingerprint density at radius 3 is 2.61 bits per heavy atom. The summed E-state index contributed by atoms with van der Waals surface area (Å²) in [4.78, 5) is 10.5. The molecule has 1 fully saturated rings. The van der Waals surface area contributed by atoms with Crippen molar-refractivity contribution in [3.05, 3.63) is 35.9 Å². The second kappa shape index (κ2) is 6.55. The van der Waals surface area contributed by atoms with Crippen LogP contribution in [0.25, 0.3) is 0 Å². The molecule has 1 aliphatic carbocycles. The second-order valence-corrected chi connectivity index (χ2v) is 5.03. The smallest absolute Gasteiger partial charge is 0.303 e. The van der Waals surface area contributed by atoms with Crippen molar-refractivity contribution in [2.45, 2.75) is 38.1 Å². The molecule has 1 saturated carbocycles. The Morgan fingerprint density at radius 2 is 2.06 bits per heavy atom. The lowest BCUT2D eigenvalue weighted by atomic mass is 9.77. The number of aliphatic carboxylic acids is 1. The Balaban J connectivity index is 1.87. The number of hydrogen-bond acceptors (Lipinski definition) is 2. The zero-order chi connectivity index (χ0) is 12.8. The molecule has 0 saturated heterocycles. The molecule has 0 aromatic heterocycles. The minimum atomic E-state index is -0.711. The van der Waals surface area contributed by atoms with Crippen molar-refractivity contribution in [3.8, 4) is 0 Å². The van der Waals surface area contributed by atoms with Crippen LogP contribution in [0.3, 0.4) is 0 Å². The average Bonchev–Trinajstić information content (AvgIpc) is 2.31. The van der Waals surface area contributed by atoms with Crippen LogP contribution in [0.2, 0.25) is 0 Å². The second-order valence-electron chi connectivity index (χ2n) is 5.03. The largest absolute Gasteiger partial charge is 0.481 e. The summed E-state index contributed by atoms with van der Waals surface area (Å²) in [6.07, 6.45) is 4.84. The number of carbonyl (C=O) groups is 1.